The van der Waals surface area contributed by atoms with Gasteiger partial charge in [0.1, 0.15) is 0 Å². The van der Waals surface area contributed by atoms with Crippen molar-refractivity contribution in [1.82, 2.24) is 9.55 Å². The maximum Gasteiger partial charge on any atom is 0.261 e. The van der Waals surface area contributed by atoms with E-state index in [4.69, 9.17) is 0 Å². The molecule has 1 aliphatic rings. The minimum atomic E-state index is 0.0584. The molecule has 1 aromatic heterocycles. The number of nitrogens with zero attached hydrogens (tertiary/aromatic N) is 2. The Morgan fingerprint density at radius 1 is 1.62 bits per heavy atom. The van der Waals surface area contributed by atoms with Crippen LogP contribution in [0, 0.1) is 0 Å². The number of allylic oxidation sites excluding steroid dienone is 1. The minimum absolute atomic E-state index is 0.0584. The zero-order chi connectivity index (χ0) is 9.42. The molecule has 0 saturated carbocycles. The molecular formula is C9H10N2OS. The van der Waals surface area contributed by atoms with Crippen LogP contribution in [-0.2, 0) is 13.5 Å². The first kappa shape index (κ1) is 8.56. The topological polar surface area (TPSA) is 34.9 Å². The summed E-state index contributed by atoms with van der Waals surface area (Å²) in [7, 11) is 1.76. The molecule has 0 N–H and O–H groups in total. The first-order valence-electron chi connectivity index (χ1n) is 4.04. The maximum atomic E-state index is 11.7. The van der Waals surface area contributed by atoms with Gasteiger partial charge in [-0.25, -0.2) is 4.98 Å². The Balaban J connectivity index is 2.73. The zero-order valence-electron chi connectivity index (χ0n) is 7.57. The summed E-state index contributed by atoms with van der Waals surface area (Å²) >= 11 is 1.50. The van der Waals surface area contributed by atoms with Crippen molar-refractivity contribution in [1.29, 1.82) is 0 Å². The van der Waals surface area contributed by atoms with E-state index in [2.05, 4.69) is 4.98 Å². The fourth-order valence-corrected chi connectivity index (χ4v) is 1.99. The number of fused-ring (bicyclic) bond motifs is 1. The summed E-state index contributed by atoms with van der Waals surface area (Å²) < 4.78 is 1.60. The van der Waals surface area contributed by atoms with E-state index < -0.39 is 0 Å². The van der Waals surface area contributed by atoms with Gasteiger partial charge < -0.3 is 0 Å². The Bertz CT molecular complexity index is 433. The summed E-state index contributed by atoms with van der Waals surface area (Å²) in [5, 5.41) is 0.785. The van der Waals surface area contributed by atoms with E-state index in [1.165, 1.54) is 11.8 Å². The lowest BCUT2D eigenvalue weighted by molar-refractivity contribution is 0.695. The summed E-state index contributed by atoms with van der Waals surface area (Å²) in [5.41, 5.74) is 1.72. The summed E-state index contributed by atoms with van der Waals surface area (Å²) in [6.45, 7) is 0. The first-order valence-corrected chi connectivity index (χ1v) is 5.27. The highest BCUT2D eigenvalue weighted by atomic mass is 32.2. The van der Waals surface area contributed by atoms with Gasteiger partial charge in [-0.2, -0.15) is 0 Å². The molecule has 0 spiro atoms. The van der Waals surface area contributed by atoms with Crippen LogP contribution in [0.2, 0.25) is 0 Å². The fraction of sp³-hybridized carbons (Fsp3) is 0.333. The average Bonchev–Trinajstić information content (AvgIpc) is 2.59. The Kier molecular flexibility index (Phi) is 2.00. The van der Waals surface area contributed by atoms with Gasteiger partial charge in [-0.15, -0.1) is 0 Å². The number of aromatic nitrogens is 2. The van der Waals surface area contributed by atoms with Gasteiger partial charge in [-0.1, -0.05) is 23.9 Å². The molecule has 68 valence electrons. The predicted molar refractivity (Wildman–Crippen MR) is 54.0 cm³/mol. The molecule has 1 aliphatic carbocycles. The SMILES string of the molecule is CSc1nc2c(c(=O)n1C)C=CC2. The van der Waals surface area contributed by atoms with Crippen LogP contribution in [0.25, 0.3) is 6.08 Å². The Morgan fingerprint density at radius 2 is 2.38 bits per heavy atom. The molecule has 0 radical (unpaired) electrons. The van der Waals surface area contributed by atoms with Crippen molar-refractivity contribution >= 4 is 17.8 Å². The van der Waals surface area contributed by atoms with Gasteiger partial charge in [0.2, 0.25) is 0 Å². The van der Waals surface area contributed by atoms with E-state index in [-0.39, 0.29) is 5.56 Å². The molecule has 0 saturated heterocycles. The van der Waals surface area contributed by atoms with Crippen LogP contribution in [0.5, 0.6) is 0 Å². The molecule has 0 aliphatic heterocycles. The fourth-order valence-electron chi connectivity index (χ4n) is 1.44. The molecule has 4 heteroatoms. The van der Waals surface area contributed by atoms with Crippen molar-refractivity contribution in [3.63, 3.8) is 0 Å². The van der Waals surface area contributed by atoms with Gasteiger partial charge in [-0.05, 0) is 6.26 Å². The zero-order valence-corrected chi connectivity index (χ0v) is 8.39. The standard InChI is InChI=1S/C9H10N2OS/c1-11-8(12)6-4-3-5-7(6)10-9(11)13-2/h3-4H,5H2,1-2H3. The third-order valence-electron chi connectivity index (χ3n) is 2.14. The maximum absolute atomic E-state index is 11.7. The smallest absolute Gasteiger partial charge is 0.261 e. The highest BCUT2D eigenvalue weighted by Gasteiger charge is 2.14. The molecule has 0 atom stereocenters. The van der Waals surface area contributed by atoms with Crippen molar-refractivity contribution in [2.45, 2.75) is 11.6 Å². The summed E-state index contributed by atoms with van der Waals surface area (Å²) in [5.74, 6) is 0. The summed E-state index contributed by atoms with van der Waals surface area (Å²) in [4.78, 5) is 16.1. The van der Waals surface area contributed by atoms with Crippen LogP contribution in [0.15, 0.2) is 16.0 Å². The largest absolute Gasteiger partial charge is 0.290 e. The first-order chi connectivity index (χ1) is 6.24. The van der Waals surface area contributed by atoms with Crippen molar-refractivity contribution in [2.24, 2.45) is 7.05 Å². The van der Waals surface area contributed by atoms with Crippen molar-refractivity contribution in [3.8, 4) is 0 Å². The summed E-state index contributed by atoms with van der Waals surface area (Å²) in [6.07, 6.45) is 6.55. The van der Waals surface area contributed by atoms with Gasteiger partial charge in [0, 0.05) is 13.5 Å². The average molecular weight is 194 g/mol. The van der Waals surface area contributed by atoms with E-state index in [1.54, 1.807) is 11.6 Å². The van der Waals surface area contributed by atoms with E-state index in [0.717, 1.165) is 22.8 Å². The van der Waals surface area contributed by atoms with Crippen LogP contribution in [-0.4, -0.2) is 15.8 Å². The highest BCUT2D eigenvalue weighted by Crippen LogP contribution is 2.17. The van der Waals surface area contributed by atoms with Gasteiger partial charge in [-0.3, -0.25) is 9.36 Å². The molecule has 2 rings (SSSR count). The molecule has 0 bridgehead atoms. The van der Waals surface area contributed by atoms with Gasteiger partial charge >= 0.3 is 0 Å². The monoisotopic (exact) mass is 194 g/mol. The lowest BCUT2D eigenvalue weighted by Crippen LogP contribution is -2.23. The second-order valence-corrected chi connectivity index (χ2v) is 3.70. The van der Waals surface area contributed by atoms with Crippen molar-refractivity contribution < 1.29 is 0 Å². The molecule has 13 heavy (non-hydrogen) atoms. The number of hydrogen-bond donors (Lipinski definition) is 0. The van der Waals surface area contributed by atoms with Crippen LogP contribution < -0.4 is 5.56 Å². The molecule has 0 unspecified atom stereocenters. The second kappa shape index (κ2) is 3.03. The van der Waals surface area contributed by atoms with Gasteiger partial charge in [0.25, 0.3) is 5.56 Å². The molecular weight excluding hydrogens is 184 g/mol. The Hall–Kier alpha value is -1.03. The van der Waals surface area contributed by atoms with Crippen LogP contribution in [0.1, 0.15) is 11.3 Å². The molecule has 1 aromatic rings. The number of thioether (sulfide) groups is 1. The molecule has 0 aromatic carbocycles. The van der Waals surface area contributed by atoms with E-state index in [0.29, 0.717) is 0 Å². The van der Waals surface area contributed by atoms with Crippen molar-refractivity contribution in [2.75, 3.05) is 6.26 Å². The number of rotatable bonds is 1. The van der Waals surface area contributed by atoms with Crippen LogP contribution in [0.3, 0.4) is 0 Å². The van der Waals surface area contributed by atoms with Crippen LogP contribution >= 0.6 is 11.8 Å². The van der Waals surface area contributed by atoms with E-state index in [9.17, 15) is 4.79 Å². The number of hydrogen-bond acceptors (Lipinski definition) is 3. The minimum Gasteiger partial charge on any atom is -0.290 e. The van der Waals surface area contributed by atoms with Gasteiger partial charge in [0.15, 0.2) is 5.16 Å². The lowest BCUT2D eigenvalue weighted by Gasteiger charge is -2.06. The Morgan fingerprint density at radius 3 is 3.08 bits per heavy atom. The van der Waals surface area contributed by atoms with E-state index in [1.807, 2.05) is 18.4 Å². The Labute approximate surface area is 80.5 Å². The van der Waals surface area contributed by atoms with Crippen LogP contribution in [0.4, 0.5) is 0 Å². The highest BCUT2D eigenvalue weighted by molar-refractivity contribution is 7.98. The molecule has 0 fully saturated rings. The van der Waals surface area contributed by atoms with Gasteiger partial charge in [0.05, 0.1) is 11.3 Å². The predicted octanol–water partition coefficient (Wildman–Crippen LogP) is 1.07. The summed E-state index contributed by atoms with van der Waals surface area (Å²) in [6, 6.07) is 0. The molecule has 3 nitrogen and oxygen atoms in total. The van der Waals surface area contributed by atoms with Crippen molar-refractivity contribution in [3.05, 3.63) is 27.7 Å². The lowest BCUT2D eigenvalue weighted by atomic mass is 10.3. The normalized spacial score (nSPS) is 13.4. The molecule has 0 amide bonds. The second-order valence-electron chi connectivity index (χ2n) is 2.93. The quantitative estimate of drug-likeness (QED) is 0.495. The molecule has 1 heterocycles. The third kappa shape index (κ3) is 1.21. The van der Waals surface area contributed by atoms with E-state index >= 15 is 0 Å². The third-order valence-corrected chi connectivity index (χ3v) is 2.87.